The summed E-state index contributed by atoms with van der Waals surface area (Å²) in [5.74, 6) is 0. The Hall–Kier alpha value is -1.11. The molecular weight excluding hydrogens is 264 g/mol. The van der Waals surface area contributed by atoms with E-state index in [4.69, 9.17) is 10.5 Å². The summed E-state index contributed by atoms with van der Waals surface area (Å²) in [6.07, 6.45) is 0. The molecule has 0 bridgehead atoms. The Morgan fingerprint density at radius 2 is 2.05 bits per heavy atom. The molecule has 19 heavy (non-hydrogen) atoms. The first-order chi connectivity index (χ1) is 8.86. The fraction of sp³-hybridized carbons (Fsp3) is 0.538. The van der Waals surface area contributed by atoms with Gasteiger partial charge in [-0.1, -0.05) is 19.1 Å². The Morgan fingerprint density at radius 1 is 1.42 bits per heavy atom. The number of ether oxygens (including phenoxy) is 1. The highest BCUT2D eigenvalue weighted by molar-refractivity contribution is 7.89. The van der Waals surface area contributed by atoms with Gasteiger partial charge in [0.1, 0.15) is 4.90 Å². The Bertz CT molecular complexity index is 508. The normalized spacial score (nSPS) is 13.7. The number of hydrogen-bond acceptors (Lipinski definition) is 4. The lowest BCUT2D eigenvalue weighted by atomic mass is 10.2. The molecule has 0 aliphatic carbocycles. The molecule has 2 N–H and O–H groups in total. The highest BCUT2D eigenvalue weighted by atomic mass is 32.2. The van der Waals surface area contributed by atoms with Gasteiger partial charge in [-0.3, -0.25) is 0 Å². The fourth-order valence-corrected chi connectivity index (χ4v) is 4.14. The number of sulfonamides is 1. The molecule has 1 atom stereocenters. The molecule has 0 radical (unpaired) electrons. The number of anilines is 1. The number of nitrogens with two attached hydrogens (primary N) is 1. The van der Waals surface area contributed by atoms with E-state index < -0.39 is 10.0 Å². The molecule has 0 fully saturated rings. The maximum atomic E-state index is 12.7. The van der Waals surface area contributed by atoms with Gasteiger partial charge in [0.25, 0.3) is 0 Å². The summed E-state index contributed by atoms with van der Waals surface area (Å²) >= 11 is 0. The lowest BCUT2D eigenvalue weighted by Gasteiger charge is -2.27. The lowest BCUT2D eigenvalue weighted by Crippen LogP contribution is -2.41. The number of nitrogens with zero attached hydrogens (tertiary/aromatic N) is 1. The first-order valence-electron chi connectivity index (χ1n) is 6.22. The van der Waals surface area contributed by atoms with E-state index in [2.05, 4.69) is 0 Å². The molecule has 1 aromatic carbocycles. The maximum Gasteiger partial charge on any atom is 0.245 e. The van der Waals surface area contributed by atoms with E-state index in [9.17, 15) is 8.42 Å². The summed E-state index contributed by atoms with van der Waals surface area (Å²) in [7, 11) is -2.05. The number of methoxy groups -OCH3 is 1. The van der Waals surface area contributed by atoms with Gasteiger partial charge in [0.15, 0.2) is 0 Å². The van der Waals surface area contributed by atoms with E-state index in [1.54, 1.807) is 39.2 Å². The molecule has 1 aromatic rings. The second-order valence-electron chi connectivity index (χ2n) is 4.51. The van der Waals surface area contributed by atoms with E-state index in [0.29, 0.717) is 18.7 Å². The average Bonchev–Trinajstić information content (AvgIpc) is 2.28. The van der Waals surface area contributed by atoms with Gasteiger partial charge >= 0.3 is 0 Å². The van der Waals surface area contributed by atoms with Crippen molar-refractivity contribution in [3.63, 3.8) is 0 Å². The molecule has 0 heterocycles. The molecular formula is C13H22N2O3S. The largest absolute Gasteiger partial charge is 0.398 e. The van der Waals surface area contributed by atoms with Crippen molar-refractivity contribution < 1.29 is 13.2 Å². The molecule has 1 unspecified atom stereocenters. The van der Waals surface area contributed by atoms with Crippen LogP contribution in [-0.4, -0.2) is 39.0 Å². The molecule has 0 saturated heterocycles. The van der Waals surface area contributed by atoms with Crippen LogP contribution >= 0.6 is 0 Å². The number of hydrogen-bond donors (Lipinski definition) is 1. The predicted octanol–water partition coefficient (Wildman–Crippen LogP) is 1.62. The molecule has 1 rings (SSSR count). The minimum absolute atomic E-state index is 0.194. The average molecular weight is 286 g/mol. The molecule has 0 amide bonds. The highest BCUT2D eigenvalue weighted by Crippen LogP contribution is 2.27. The van der Waals surface area contributed by atoms with E-state index in [1.165, 1.54) is 4.31 Å². The van der Waals surface area contributed by atoms with Crippen molar-refractivity contribution >= 4 is 15.7 Å². The second-order valence-corrected chi connectivity index (χ2v) is 6.33. The molecule has 6 heteroatoms. The first-order valence-corrected chi connectivity index (χ1v) is 7.66. The summed E-state index contributed by atoms with van der Waals surface area (Å²) in [6.45, 7) is 6.09. The van der Waals surface area contributed by atoms with Crippen LogP contribution in [0.2, 0.25) is 0 Å². The summed E-state index contributed by atoms with van der Waals surface area (Å²) in [6, 6.07) is 4.87. The summed E-state index contributed by atoms with van der Waals surface area (Å²) in [5, 5.41) is 0. The van der Waals surface area contributed by atoms with Gasteiger partial charge in [0.2, 0.25) is 10.0 Å². The molecule has 0 saturated carbocycles. The second kappa shape index (κ2) is 6.36. The Morgan fingerprint density at radius 3 is 2.53 bits per heavy atom. The quantitative estimate of drug-likeness (QED) is 0.807. The Kier molecular flexibility index (Phi) is 5.34. The van der Waals surface area contributed by atoms with Gasteiger partial charge < -0.3 is 10.5 Å². The van der Waals surface area contributed by atoms with E-state index >= 15 is 0 Å². The van der Waals surface area contributed by atoms with Crippen LogP contribution in [0.25, 0.3) is 0 Å². The number of nitrogen functional groups attached to an aromatic ring is 1. The van der Waals surface area contributed by atoms with Gasteiger partial charge in [-0.05, 0) is 25.5 Å². The third kappa shape index (κ3) is 3.26. The number of rotatable bonds is 6. The molecule has 0 aromatic heterocycles. The van der Waals surface area contributed by atoms with Crippen LogP contribution in [0.15, 0.2) is 23.1 Å². The predicted molar refractivity (Wildman–Crippen MR) is 76.5 cm³/mol. The van der Waals surface area contributed by atoms with Crippen LogP contribution in [-0.2, 0) is 14.8 Å². The SMILES string of the molecule is CCN(C(C)COC)S(=O)(=O)c1c(C)cccc1N. The Balaban J connectivity index is 3.29. The standard InChI is InChI=1S/C13H22N2O3S/c1-5-15(11(3)9-18-4)19(16,17)13-10(2)7-6-8-12(13)14/h6-8,11H,5,9,14H2,1-4H3. The summed E-state index contributed by atoms with van der Waals surface area (Å²) in [5.41, 5.74) is 6.77. The molecule has 0 aliphatic heterocycles. The number of likely N-dealkylation sites (N-methyl/N-ethyl adjacent to an activating group) is 1. The van der Waals surface area contributed by atoms with Crippen LogP contribution in [0.3, 0.4) is 0 Å². The van der Waals surface area contributed by atoms with Crippen molar-refractivity contribution in [1.29, 1.82) is 0 Å². The van der Waals surface area contributed by atoms with Crippen molar-refractivity contribution in [2.75, 3.05) is 26.0 Å². The van der Waals surface area contributed by atoms with Crippen LogP contribution in [0, 0.1) is 6.92 Å². The molecule has 0 spiro atoms. The van der Waals surface area contributed by atoms with Crippen LogP contribution in [0.4, 0.5) is 5.69 Å². The smallest absolute Gasteiger partial charge is 0.245 e. The zero-order valence-electron chi connectivity index (χ0n) is 11.9. The van der Waals surface area contributed by atoms with Gasteiger partial charge in [-0.25, -0.2) is 8.42 Å². The van der Waals surface area contributed by atoms with Crippen molar-refractivity contribution in [3.8, 4) is 0 Å². The van der Waals surface area contributed by atoms with Crippen molar-refractivity contribution in [2.24, 2.45) is 0 Å². The zero-order valence-corrected chi connectivity index (χ0v) is 12.7. The molecule has 5 nitrogen and oxygen atoms in total. The Labute approximate surface area is 115 Å². The first kappa shape index (κ1) is 15.9. The van der Waals surface area contributed by atoms with Crippen molar-refractivity contribution in [2.45, 2.75) is 31.7 Å². The van der Waals surface area contributed by atoms with E-state index in [-0.39, 0.29) is 16.6 Å². The third-order valence-corrected chi connectivity index (χ3v) is 5.33. The van der Waals surface area contributed by atoms with Crippen molar-refractivity contribution in [3.05, 3.63) is 23.8 Å². The summed E-state index contributed by atoms with van der Waals surface area (Å²) < 4.78 is 31.9. The minimum Gasteiger partial charge on any atom is -0.398 e. The maximum absolute atomic E-state index is 12.7. The minimum atomic E-state index is -3.61. The number of benzene rings is 1. The van der Waals surface area contributed by atoms with Crippen LogP contribution < -0.4 is 5.73 Å². The van der Waals surface area contributed by atoms with Crippen LogP contribution in [0.5, 0.6) is 0 Å². The topological polar surface area (TPSA) is 72.6 Å². The molecule has 108 valence electrons. The van der Waals surface area contributed by atoms with Crippen molar-refractivity contribution in [1.82, 2.24) is 4.31 Å². The monoisotopic (exact) mass is 286 g/mol. The van der Waals surface area contributed by atoms with Gasteiger partial charge in [0.05, 0.1) is 12.3 Å². The van der Waals surface area contributed by atoms with Gasteiger partial charge in [-0.15, -0.1) is 0 Å². The highest BCUT2D eigenvalue weighted by Gasteiger charge is 2.30. The zero-order chi connectivity index (χ0) is 14.6. The third-order valence-electron chi connectivity index (χ3n) is 3.02. The van der Waals surface area contributed by atoms with Gasteiger partial charge in [-0.2, -0.15) is 4.31 Å². The van der Waals surface area contributed by atoms with Gasteiger partial charge in [0, 0.05) is 19.7 Å². The van der Waals surface area contributed by atoms with Crippen LogP contribution in [0.1, 0.15) is 19.4 Å². The lowest BCUT2D eigenvalue weighted by molar-refractivity contribution is 0.142. The van der Waals surface area contributed by atoms with E-state index in [0.717, 1.165) is 0 Å². The molecule has 0 aliphatic rings. The fourth-order valence-electron chi connectivity index (χ4n) is 2.19. The summed E-state index contributed by atoms with van der Waals surface area (Å²) in [4.78, 5) is 0.194. The van der Waals surface area contributed by atoms with E-state index in [1.807, 2.05) is 6.92 Å². The number of aryl methyl sites for hydroxylation is 1.